The van der Waals surface area contributed by atoms with E-state index < -0.39 is 0 Å². The molecule has 7 heteroatoms. The average molecular weight is 312 g/mol. The monoisotopic (exact) mass is 312 g/mol. The molecule has 2 rings (SSSR count). The SMILES string of the molecule is CCCNc1nc(N)c(C(=O)NCC2CCCCC2O)s1. The van der Waals surface area contributed by atoms with Gasteiger partial charge < -0.3 is 21.5 Å². The second kappa shape index (κ2) is 7.61. The summed E-state index contributed by atoms with van der Waals surface area (Å²) in [7, 11) is 0. The number of carbonyl (C=O) groups excluding carboxylic acids is 1. The summed E-state index contributed by atoms with van der Waals surface area (Å²) in [5.74, 6) is 0.210. The first kappa shape index (κ1) is 16.0. The highest BCUT2D eigenvalue weighted by Gasteiger charge is 2.24. The van der Waals surface area contributed by atoms with E-state index in [0.717, 1.165) is 38.6 Å². The first-order chi connectivity index (χ1) is 10.1. The van der Waals surface area contributed by atoms with Crippen LogP contribution in [0.3, 0.4) is 0 Å². The molecule has 1 amide bonds. The van der Waals surface area contributed by atoms with E-state index >= 15 is 0 Å². The van der Waals surface area contributed by atoms with Crippen LogP contribution < -0.4 is 16.4 Å². The van der Waals surface area contributed by atoms with Gasteiger partial charge in [0.2, 0.25) is 0 Å². The molecule has 0 bridgehead atoms. The van der Waals surface area contributed by atoms with Crippen molar-refractivity contribution in [2.24, 2.45) is 5.92 Å². The summed E-state index contributed by atoms with van der Waals surface area (Å²) < 4.78 is 0. The molecule has 6 nitrogen and oxygen atoms in total. The predicted molar refractivity (Wildman–Crippen MR) is 85.6 cm³/mol. The van der Waals surface area contributed by atoms with Crippen LogP contribution in [0.4, 0.5) is 10.9 Å². The number of thiazole rings is 1. The Morgan fingerprint density at radius 1 is 1.48 bits per heavy atom. The van der Waals surface area contributed by atoms with Gasteiger partial charge in [-0.3, -0.25) is 4.79 Å². The number of hydrogen-bond acceptors (Lipinski definition) is 6. The summed E-state index contributed by atoms with van der Waals surface area (Å²) in [5.41, 5.74) is 5.80. The van der Waals surface area contributed by atoms with Crippen LogP contribution >= 0.6 is 11.3 Å². The molecule has 0 aromatic carbocycles. The highest BCUT2D eigenvalue weighted by Crippen LogP contribution is 2.26. The Bertz CT molecular complexity index is 478. The number of aromatic nitrogens is 1. The summed E-state index contributed by atoms with van der Waals surface area (Å²) in [6.07, 6.45) is 4.66. The minimum Gasteiger partial charge on any atom is -0.393 e. The molecular formula is C14H24N4O2S. The summed E-state index contributed by atoms with van der Waals surface area (Å²) in [6.45, 7) is 3.37. The van der Waals surface area contributed by atoms with Crippen LogP contribution in [0.5, 0.6) is 0 Å². The molecule has 1 aliphatic carbocycles. The maximum atomic E-state index is 12.2. The van der Waals surface area contributed by atoms with E-state index in [-0.39, 0.29) is 23.7 Å². The number of anilines is 2. The summed E-state index contributed by atoms with van der Waals surface area (Å²) in [6, 6.07) is 0. The first-order valence-corrected chi connectivity index (χ1v) is 8.40. The number of nitrogens with two attached hydrogens (primary N) is 1. The van der Waals surface area contributed by atoms with Crippen LogP contribution in [0, 0.1) is 5.92 Å². The minimum atomic E-state index is -0.306. The van der Waals surface area contributed by atoms with Crippen LogP contribution in [0.2, 0.25) is 0 Å². The number of nitrogens with one attached hydrogen (secondary N) is 2. The second-order valence-electron chi connectivity index (χ2n) is 5.48. The molecule has 0 radical (unpaired) electrons. The molecule has 1 saturated carbocycles. The van der Waals surface area contributed by atoms with Crippen molar-refractivity contribution in [1.29, 1.82) is 0 Å². The van der Waals surface area contributed by atoms with Gasteiger partial charge >= 0.3 is 0 Å². The summed E-state index contributed by atoms with van der Waals surface area (Å²) in [5, 5.41) is 16.6. The fourth-order valence-electron chi connectivity index (χ4n) is 2.53. The molecular weight excluding hydrogens is 288 g/mol. The van der Waals surface area contributed by atoms with Gasteiger partial charge in [0.05, 0.1) is 6.10 Å². The van der Waals surface area contributed by atoms with E-state index in [0.29, 0.717) is 16.6 Å². The zero-order chi connectivity index (χ0) is 15.2. The van der Waals surface area contributed by atoms with Crippen molar-refractivity contribution >= 4 is 28.2 Å². The molecule has 1 aromatic rings. The predicted octanol–water partition coefficient (Wildman–Crippen LogP) is 1.83. The lowest BCUT2D eigenvalue weighted by Crippen LogP contribution is -2.36. The minimum absolute atomic E-state index is 0.148. The maximum absolute atomic E-state index is 12.2. The second-order valence-corrected chi connectivity index (χ2v) is 6.48. The molecule has 2 atom stereocenters. The Hall–Kier alpha value is -1.34. The number of amides is 1. The molecule has 0 saturated heterocycles. The van der Waals surface area contributed by atoms with Gasteiger partial charge in [-0.1, -0.05) is 31.1 Å². The number of aliphatic hydroxyl groups is 1. The Morgan fingerprint density at radius 2 is 2.24 bits per heavy atom. The number of carbonyl (C=O) groups is 1. The molecule has 1 heterocycles. The van der Waals surface area contributed by atoms with Gasteiger partial charge in [-0.05, 0) is 19.3 Å². The van der Waals surface area contributed by atoms with Crippen molar-refractivity contribution in [2.75, 3.05) is 24.1 Å². The quantitative estimate of drug-likeness (QED) is 0.642. The van der Waals surface area contributed by atoms with Crippen molar-refractivity contribution in [3.05, 3.63) is 4.88 Å². The van der Waals surface area contributed by atoms with Gasteiger partial charge in [-0.15, -0.1) is 0 Å². The van der Waals surface area contributed by atoms with Crippen molar-refractivity contribution in [3.8, 4) is 0 Å². The third kappa shape index (κ3) is 4.31. The number of nitrogen functional groups attached to an aromatic ring is 1. The molecule has 5 N–H and O–H groups in total. The van der Waals surface area contributed by atoms with Crippen LogP contribution in [0.25, 0.3) is 0 Å². The fourth-order valence-corrected chi connectivity index (χ4v) is 3.36. The van der Waals surface area contributed by atoms with Crippen LogP contribution in [-0.2, 0) is 0 Å². The average Bonchev–Trinajstić information content (AvgIpc) is 2.85. The van der Waals surface area contributed by atoms with E-state index in [1.165, 1.54) is 11.3 Å². The van der Waals surface area contributed by atoms with Crippen molar-refractivity contribution < 1.29 is 9.90 Å². The lowest BCUT2D eigenvalue weighted by Gasteiger charge is -2.27. The third-order valence-corrected chi connectivity index (χ3v) is 4.81. The standard InChI is InChI=1S/C14H24N4O2S/c1-2-7-16-14-18-12(15)11(21-14)13(20)17-8-9-5-3-4-6-10(9)19/h9-10,19H,2-8,15H2,1H3,(H,16,18)(H,17,20). The molecule has 1 aliphatic rings. The van der Waals surface area contributed by atoms with E-state index in [1.54, 1.807) is 0 Å². The lowest BCUT2D eigenvalue weighted by atomic mass is 9.86. The molecule has 118 valence electrons. The van der Waals surface area contributed by atoms with Crippen LogP contribution in [0.1, 0.15) is 48.7 Å². The van der Waals surface area contributed by atoms with E-state index in [4.69, 9.17) is 5.73 Å². The van der Waals surface area contributed by atoms with Crippen molar-refractivity contribution in [3.63, 3.8) is 0 Å². The molecule has 2 unspecified atom stereocenters. The molecule has 1 fully saturated rings. The van der Waals surface area contributed by atoms with E-state index in [2.05, 4.69) is 22.5 Å². The topological polar surface area (TPSA) is 100 Å². The molecule has 1 aromatic heterocycles. The van der Waals surface area contributed by atoms with Crippen LogP contribution in [-0.4, -0.2) is 35.2 Å². The number of nitrogens with zero attached hydrogens (tertiary/aromatic N) is 1. The van der Waals surface area contributed by atoms with Gasteiger partial charge in [-0.2, -0.15) is 0 Å². The zero-order valence-electron chi connectivity index (χ0n) is 12.4. The normalized spacial score (nSPS) is 22.0. The largest absolute Gasteiger partial charge is 0.393 e. The lowest BCUT2D eigenvalue weighted by molar-refractivity contribution is 0.0664. The number of rotatable bonds is 6. The highest BCUT2D eigenvalue weighted by atomic mass is 32.1. The van der Waals surface area contributed by atoms with Crippen LogP contribution in [0.15, 0.2) is 0 Å². The van der Waals surface area contributed by atoms with Gasteiger partial charge in [-0.25, -0.2) is 4.98 Å². The fraction of sp³-hybridized carbons (Fsp3) is 0.714. The van der Waals surface area contributed by atoms with Gasteiger partial charge in [0.1, 0.15) is 10.7 Å². The molecule has 0 spiro atoms. The van der Waals surface area contributed by atoms with Crippen molar-refractivity contribution in [2.45, 2.75) is 45.1 Å². The smallest absolute Gasteiger partial charge is 0.265 e. The molecule has 21 heavy (non-hydrogen) atoms. The Kier molecular flexibility index (Phi) is 5.81. The third-order valence-electron chi connectivity index (χ3n) is 3.78. The number of aliphatic hydroxyl groups excluding tert-OH is 1. The summed E-state index contributed by atoms with van der Waals surface area (Å²) in [4.78, 5) is 16.8. The summed E-state index contributed by atoms with van der Waals surface area (Å²) >= 11 is 1.27. The van der Waals surface area contributed by atoms with E-state index in [9.17, 15) is 9.90 Å². The van der Waals surface area contributed by atoms with Crippen molar-refractivity contribution in [1.82, 2.24) is 10.3 Å². The highest BCUT2D eigenvalue weighted by molar-refractivity contribution is 7.18. The Balaban J connectivity index is 1.89. The zero-order valence-corrected chi connectivity index (χ0v) is 13.2. The van der Waals surface area contributed by atoms with Gasteiger partial charge in [0.25, 0.3) is 5.91 Å². The number of hydrogen-bond donors (Lipinski definition) is 4. The Labute approximate surface area is 129 Å². The van der Waals surface area contributed by atoms with E-state index in [1.807, 2.05) is 0 Å². The molecule has 0 aliphatic heterocycles. The van der Waals surface area contributed by atoms with Gasteiger partial charge in [0, 0.05) is 19.0 Å². The Morgan fingerprint density at radius 3 is 2.95 bits per heavy atom. The van der Waals surface area contributed by atoms with Gasteiger partial charge in [0.15, 0.2) is 5.13 Å². The maximum Gasteiger partial charge on any atom is 0.265 e. The first-order valence-electron chi connectivity index (χ1n) is 7.58.